The van der Waals surface area contributed by atoms with Gasteiger partial charge in [-0.2, -0.15) is 4.39 Å². The number of phenolic OH excluding ortho intramolecular Hbond substituents is 1. The summed E-state index contributed by atoms with van der Waals surface area (Å²) in [5.41, 5.74) is -0.987. The summed E-state index contributed by atoms with van der Waals surface area (Å²) >= 11 is 0. The highest BCUT2D eigenvalue weighted by molar-refractivity contribution is 5.97. The lowest BCUT2D eigenvalue weighted by Crippen LogP contribution is -2.38. The lowest BCUT2D eigenvalue weighted by molar-refractivity contribution is -0.138. The van der Waals surface area contributed by atoms with Gasteiger partial charge in [-0.3, -0.25) is 9.59 Å². The minimum atomic E-state index is -1.82. The van der Waals surface area contributed by atoms with Crippen molar-refractivity contribution in [2.24, 2.45) is 0 Å². The predicted molar refractivity (Wildman–Crippen MR) is 52.5 cm³/mol. The number of carbonyl (C=O) groups excluding carboxylic acids is 1. The Bertz CT molecular complexity index is 518. The fraction of sp³-hybridized carbons (Fsp3) is 0.200. The number of aromatic hydroxyl groups is 1. The summed E-state index contributed by atoms with van der Waals surface area (Å²) in [6.45, 7) is 1.10. The van der Waals surface area contributed by atoms with Crippen LogP contribution in [0.1, 0.15) is 17.3 Å². The van der Waals surface area contributed by atoms with Crippen LogP contribution < -0.4 is 5.32 Å². The van der Waals surface area contributed by atoms with Crippen molar-refractivity contribution in [3.05, 3.63) is 29.1 Å². The molecule has 0 heterocycles. The van der Waals surface area contributed by atoms with Gasteiger partial charge in [0.15, 0.2) is 17.4 Å². The summed E-state index contributed by atoms with van der Waals surface area (Å²) in [5, 5.41) is 19.2. The highest BCUT2D eigenvalue weighted by Crippen LogP contribution is 2.25. The van der Waals surface area contributed by atoms with Crippen LogP contribution in [0.5, 0.6) is 5.75 Å². The smallest absolute Gasteiger partial charge is 0.325 e. The highest BCUT2D eigenvalue weighted by atomic mass is 19.2. The molecule has 0 fully saturated rings. The van der Waals surface area contributed by atoms with E-state index in [1.54, 1.807) is 0 Å². The summed E-state index contributed by atoms with van der Waals surface area (Å²) in [6, 6.07) is -1.12. The van der Waals surface area contributed by atoms with Crippen molar-refractivity contribution < 1.29 is 33.0 Å². The van der Waals surface area contributed by atoms with Gasteiger partial charge in [0.05, 0.1) is 5.56 Å². The van der Waals surface area contributed by atoms with Gasteiger partial charge in [-0.05, 0) is 13.0 Å². The van der Waals surface area contributed by atoms with E-state index < -0.39 is 46.7 Å². The standard InChI is InChI=1S/C10H8F3NO4/c1-3(10(17)18)14-9(16)4-2-5(11)7(13)8(15)6(4)12/h2-3,15H,1H3,(H,14,16)(H,17,18). The van der Waals surface area contributed by atoms with Crippen molar-refractivity contribution in [3.8, 4) is 5.75 Å². The molecular formula is C10H8F3NO4. The maximum Gasteiger partial charge on any atom is 0.325 e. The Morgan fingerprint density at radius 2 is 1.83 bits per heavy atom. The molecule has 1 aromatic carbocycles. The quantitative estimate of drug-likeness (QED) is 0.710. The molecule has 3 N–H and O–H groups in total. The Labute approximate surface area is 98.8 Å². The number of carboxylic acid groups (broad SMARTS) is 1. The van der Waals surface area contributed by atoms with E-state index in [0.717, 1.165) is 6.92 Å². The first kappa shape index (κ1) is 13.8. The molecule has 1 rings (SSSR count). The molecule has 0 aliphatic heterocycles. The van der Waals surface area contributed by atoms with Gasteiger partial charge in [0, 0.05) is 0 Å². The second-order valence-corrected chi connectivity index (χ2v) is 3.42. The molecule has 0 aliphatic carbocycles. The topological polar surface area (TPSA) is 86.6 Å². The highest BCUT2D eigenvalue weighted by Gasteiger charge is 2.24. The Morgan fingerprint density at radius 1 is 1.28 bits per heavy atom. The predicted octanol–water partition coefficient (Wildman–Crippen LogP) is 1.01. The fourth-order valence-electron chi connectivity index (χ4n) is 1.09. The first-order valence-electron chi connectivity index (χ1n) is 4.65. The Balaban J connectivity index is 3.11. The van der Waals surface area contributed by atoms with Crippen molar-refractivity contribution in [3.63, 3.8) is 0 Å². The average molecular weight is 263 g/mol. The zero-order valence-corrected chi connectivity index (χ0v) is 9.00. The summed E-state index contributed by atoms with van der Waals surface area (Å²) in [4.78, 5) is 21.8. The maximum atomic E-state index is 13.3. The number of rotatable bonds is 3. The molecule has 8 heteroatoms. The van der Waals surface area contributed by atoms with Gasteiger partial charge < -0.3 is 15.5 Å². The van der Waals surface area contributed by atoms with Crippen molar-refractivity contribution in [1.82, 2.24) is 5.32 Å². The lowest BCUT2D eigenvalue weighted by Gasteiger charge is -2.10. The number of phenols is 1. The lowest BCUT2D eigenvalue weighted by atomic mass is 10.1. The van der Waals surface area contributed by atoms with Crippen LogP contribution in [0, 0.1) is 17.5 Å². The second kappa shape index (κ2) is 4.94. The molecule has 5 nitrogen and oxygen atoms in total. The molecule has 1 unspecified atom stereocenters. The molecule has 0 radical (unpaired) electrons. The number of hydrogen-bond acceptors (Lipinski definition) is 3. The van der Waals surface area contributed by atoms with Crippen LogP contribution in [0.3, 0.4) is 0 Å². The van der Waals surface area contributed by atoms with E-state index in [4.69, 9.17) is 10.2 Å². The Morgan fingerprint density at radius 3 is 2.33 bits per heavy atom. The number of carboxylic acids is 1. The van der Waals surface area contributed by atoms with Crippen LogP contribution >= 0.6 is 0 Å². The van der Waals surface area contributed by atoms with Crippen molar-refractivity contribution >= 4 is 11.9 Å². The van der Waals surface area contributed by atoms with Crippen LogP contribution in [0.25, 0.3) is 0 Å². The van der Waals surface area contributed by atoms with Crippen LogP contribution in [0.4, 0.5) is 13.2 Å². The van der Waals surface area contributed by atoms with Gasteiger partial charge in [-0.1, -0.05) is 0 Å². The molecule has 0 spiro atoms. The van der Waals surface area contributed by atoms with Gasteiger partial charge in [-0.25, -0.2) is 8.78 Å². The van der Waals surface area contributed by atoms with Gasteiger partial charge in [0.1, 0.15) is 6.04 Å². The van der Waals surface area contributed by atoms with Crippen LogP contribution in [0.15, 0.2) is 6.07 Å². The van der Waals surface area contributed by atoms with Gasteiger partial charge in [0.2, 0.25) is 5.82 Å². The summed E-state index contributed by atoms with van der Waals surface area (Å²) in [5.74, 6) is -9.42. The molecule has 0 aromatic heterocycles. The fourth-order valence-corrected chi connectivity index (χ4v) is 1.09. The normalized spacial score (nSPS) is 12.0. The van der Waals surface area contributed by atoms with Crippen molar-refractivity contribution in [2.45, 2.75) is 13.0 Å². The number of nitrogens with one attached hydrogen (secondary N) is 1. The van der Waals surface area contributed by atoms with E-state index in [2.05, 4.69) is 0 Å². The summed E-state index contributed by atoms with van der Waals surface area (Å²) < 4.78 is 38.9. The minimum Gasteiger partial charge on any atom is -0.503 e. The largest absolute Gasteiger partial charge is 0.503 e. The first-order chi connectivity index (χ1) is 8.25. The number of hydrogen-bond donors (Lipinski definition) is 3. The zero-order chi connectivity index (χ0) is 14.0. The van der Waals surface area contributed by atoms with E-state index in [-0.39, 0.29) is 6.07 Å². The van der Waals surface area contributed by atoms with Gasteiger partial charge in [-0.15, -0.1) is 0 Å². The molecule has 1 amide bonds. The number of amides is 1. The third-order valence-electron chi connectivity index (χ3n) is 2.10. The Hall–Kier alpha value is -2.25. The van der Waals surface area contributed by atoms with E-state index in [9.17, 15) is 22.8 Å². The average Bonchev–Trinajstić information content (AvgIpc) is 2.30. The number of halogens is 3. The molecule has 0 aliphatic rings. The van der Waals surface area contributed by atoms with Gasteiger partial charge >= 0.3 is 5.97 Å². The zero-order valence-electron chi connectivity index (χ0n) is 9.00. The molecule has 1 atom stereocenters. The summed E-state index contributed by atoms with van der Waals surface area (Å²) in [6.07, 6.45) is 0. The molecule has 0 saturated carbocycles. The van der Waals surface area contributed by atoms with E-state index in [1.165, 1.54) is 0 Å². The third-order valence-corrected chi connectivity index (χ3v) is 2.10. The van der Waals surface area contributed by atoms with E-state index in [0.29, 0.717) is 0 Å². The SMILES string of the molecule is CC(NC(=O)c1cc(F)c(F)c(O)c1F)C(=O)O. The Kier molecular flexibility index (Phi) is 3.79. The summed E-state index contributed by atoms with van der Waals surface area (Å²) in [7, 11) is 0. The van der Waals surface area contributed by atoms with Gasteiger partial charge in [0.25, 0.3) is 5.91 Å². The molecule has 18 heavy (non-hydrogen) atoms. The van der Waals surface area contributed by atoms with Crippen LogP contribution in [0.2, 0.25) is 0 Å². The third kappa shape index (κ3) is 2.53. The minimum absolute atomic E-state index is 0.230. The molecular weight excluding hydrogens is 255 g/mol. The first-order valence-corrected chi connectivity index (χ1v) is 4.65. The monoisotopic (exact) mass is 263 g/mol. The second-order valence-electron chi connectivity index (χ2n) is 3.42. The van der Waals surface area contributed by atoms with Crippen molar-refractivity contribution in [2.75, 3.05) is 0 Å². The van der Waals surface area contributed by atoms with Crippen LogP contribution in [-0.4, -0.2) is 28.1 Å². The molecule has 0 saturated heterocycles. The van der Waals surface area contributed by atoms with E-state index in [1.807, 2.05) is 5.32 Å². The molecule has 98 valence electrons. The van der Waals surface area contributed by atoms with E-state index >= 15 is 0 Å². The maximum absolute atomic E-state index is 13.3. The number of aliphatic carboxylic acids is 1. The number of benzene rings is 1. The molecule has 1 aromatic rings. The molecule has 0 bridgehead atoms. The van der Waals surface area contributed by atoms with Crippen LogP contribution in [-0.2, 0) is 4.79 Å². The van der Waals surface area contributed by atoms with Crippen molar-refractivity contribution in [1.29, 1.82) is 0 Å². The number of carbonyl (C=O) groups is 2.